The average molecular weight is 378 g/mol. The lowest BCUT2D eigenvalue weighted by atomic mass is 10.1. The summed E-state index contributed by atoms with van der Waals surface area (Å²) in [4.78, 5) is 11.1. The molecule has 0 aliphatic carbocycles. The smallest absolute Gasteiger partial charge is 0.227 e. The number of hydrogen-bond acceptors (Lipinski definition) is 6. The molecule has 0 saturated carbocycles. The van der Waals surface area contributed by atoms with E-state index in [1.165, 1.54) is 0 Å². The molecule has 1 saturated heterocycles. The Morgan fingerprint density at radius 1 is 1.31 bits per heavy atom. The summed E-state index contributed by atoms with van der Waals surface area (Å²) < 4.78 is 31.7. The zero-order valence-corrected chi connectivity index (χ0v) is 16.2. The van der Waals surface area contributed by atoms with Crippen LogP contribution in [0.5, 0.6) is 0 Å². The molecule has 1 aliphatic heterocycles. The van der Waals surface area contributed by atoms with E-state index in [-0.39, 0.29) is 17.0 Å². The number of ether oxygens (including phenoxy) is 1. The number of imidazole rings is 1. The van der Waals surface area contributed by atoms with Gasteiger partial charge in [-0.05, 0) is 31.5 Å². The van der Waals surface area contributed by atoms with E-state index in [0.717, 1.165) is 30.8 Å². The number of hydrogen-bond donors (Lipinski definition) is 0. The summed E-state index contributed by atoms with van der Waals surface area (Å²) in [5.74, 6) is 0.0384. The van der Waals surface area contributed by atoms with Crippen molar-refractivity contribution in [1.29, 1.82) is 0 Å². The Morgan fingerprint density at radius 2 is 2.15 bits per heavy atom. The first-order chi connectivity index (χ1) is 12.6. The number of methoxy groups -OCH3 is 1. The second-order valence-electron chi connectivity index (χ2n) is 6.46. The highest BCUT2D eigenvalue weighted by molar-refractivity contribution is 7.91. The van der Waals surface area contributed by atoms with Crippen LogP contribution < -0.4 is 0 Å². The van der Waals surface area contributed by atoms with Gasteiger partial charge in [0.05, 0.1) is 36.0 Å². The lowest BCUT2D eigenvalue weighted by Gasteiger charge is -2.24. The van der Waals surface area contributed by atoms with Crippen molar-refractivity contribution in [3.63, 3.8) is 0 Å². The number of rotatable bonds is 8. The predicted molar refractivity (Wildman–Crippen MR) is 98.5 cm³/mol. The fourth-order valence-electron chi connectivity index (χ4n) is 3.45. The van der Waals surface area contributed by atoms with E-state index in [2.05, 4.69) is 20.9 Å². The molecule has 3 rings (SSSR count). The summed E-state index contributed by atoms with van der Waals surface area (Å²) >= 11 is 0. The highest BCUT2D eigenvalue weighted by Crippen LogP contribution is 2.32. The largest absolute Gasteiger partial charge is 0.383 e. The zero-order chi connectivity index (χ0) is 18.6. The van der Waals surface area contributed by atoms with Crippen molar-refractivity contribution in [2.24, 2.45) is 0 Å². The van der Waals surface area contributed by atoms with Crippen molar-refractivity contribution in [3.05, 3.63) is 42.0 Å². The molecule has 1 unspecified atom stereocenters. The summed E-state index contributed by atoms with van der Waals surface area (Å²) in [5.41, 5.74) is 1.96. The third-order valence-corrected chi connectivity index (χ3v) is 6.48. The lowest BCUT2D eigenvalue weighted by molar-refractivity contribution is 0.180. The van der Waals surface area contributed by atoms with Gasteiger partial charge in [-0.2, -0.15) is 0 Å². The average Bonchev–Trinajstić information content (AvgIpc) is 3.28. The molecule has 2 aromatic heterocycles. The van der Waals surface area contributed by atoms with Gasteiger partial charge >= 0.3 is 0 Å². The number of likely N-dealkylation sites (tertiary alicyclic amines) is 1. The SMILES string of the molecule is CCS(=O)(=O)c1ncc(CN2CCCC2c2ccccn2)n1CCOC. The first-order valence-corrected chi connectivity index (χ1v) is 10.6. The third-order valence-electron chi connectivity index (χ3n) is 4.84. The fourth-order valence-corrected chi connectivity index (χ4v) is 4.46. The maximum absolute atomic E-state index is 12.4. The summed E-state index contributed by atoms with van der Waals surface area (Å²) in [6.07, 6.45) is 5.67. The molecule has 7 nitrogen and oxygen atoms in total. The van der Waals surface area contributed by atoms with Crippen molar-refractivity contribution in [1.82, 2.24) is 19.4 Å². The Hall–Kier alpha value is -1.77. The molecule has 0 N–H and O–H groups in total. The molecule has 2 aromatic rings. The molecule has 3 heterocycles. The molecule has 0 amide bonds. The molecular formula is C18H26N4O3S. The Kier molecular flexibility index (Phi) is 6.05. The van der Waals surface area contributed by atoms with E-state index in [0.29, 0.717) is 19.7 Å². The van der Waals surface area contributed by atoms with Gasteiger partial charge in [0.1, 0.15) is 0 Å². The maximum Gasteiger partial charge on any atom is 0.227 e. The highest BCUT2D eigenvalue weighted by atomic mass is 32.2. The maximum atomic E-state index is 12.4. The molecule has 1 atom stereocenters. The fraction of sp³-hybridized carbons (Fsp3) is 0.556. The molecule has 1 fully saturated rings. The van der Waals surface area contributed by atoms with E-state index >= 15 is 0 Å². The summed E-state index contributed by atoms with van der Waals surface area (Å²) in [7, 11) is -1.76. The highest BCUT2D eigenvalue weighted by Gasteiger charge is 2.29. The van der Waals surface area contributed by atoms with E-state index in [9.17, 15) is 8.42 Å². The van der Waals surface area contributed by atoms with Gasteiger partial charge in [0.15, 0.2) is 0 Å². The zero-order valence-electron chi connectivity index (χ0n) is 15.3. The predicted octanol–water partition coefficient (Wildman–Crippen LogP) is 2.06. The van der Waals surface area contributed by atoms with Gasteiger partial charge in [-0.15, -0.1) is 0 Å². The van der Waals surface area contributed by atoms with Crippen LogP contribution in [-0.2, 0) is 27.7 Å². The molecule has 0 spiro atoms. The van der Waals surface area contributed by atoms with Gasteiger partial charge in [0.25, 0.3) is 0 Å². The number of pyridine rings is 1. The van der Waals surface area contributed by atoms with E-state index in [1.54, 1.807) is 24.8 Å². The van der Waals surface area contributed by atoms with Crippen LogP contribution in [0, 0.1) is 0 Å². The second-order valence-corrected chi connectivity index (χ2v) is 8.64. The number of sulfone groups is 1. The molecule has 0 radical (unpaired) electrons. The third kappa shape index (κ3) is 3.97. The molecule has 8 heteroatoms. The number of nitrogens with zero attached hydrogens (tertiary/aromatic N) is 4. The Morgan fingerprint density at radius 3 is 2.85 bits per heavy atom. The standard InChI is InChI=1S/C18H26N4O3S/c1-3-26(23,24)18-20-13-15(22(18)11-12-25-2)14-21-10-6-8-17(21)16-7-4-5-9-19-16/h4-5,7,9,13,17H,3,6,8,10-12,14H2,1-2H3. The second kappa shape index (κ2) is 8.28. The van der Waals surface area contributed by atoms with Crippen LogP contribution in [0.3, 0.4) is 0 Å². The lowest BCUT2D eigenvalue weighted by Crippen LogP contribution is -2.26. The van der Waals surface area contributed by atoms with Gasteiger partial charge in [-0.25, -0.2) is 13.4 Å². The van der Waals surface area contributed by atoms with Crippen molar-refractivity contribution >= 4 is 9.84 Å². The topological polar surface area (TPSA) is 77.3 Å². The van der Waals surface area contributed by atoms with Crippen LogP contribution in [0.1, 0.15) is 37.2 Å². The van der Waals surface area contributed by atoms with Crippen LogP contribution in [0.15, 0.2) is 35.7 Å². The first-order valence-electron chi connectivity index (χ1n) is 8.98. The van der Waals surface area contributed by atoms with Gasteiger partial charge in [0, 0.05) is 26.4 Å². The first kappa shape index (κ1) is 19.0. The van der Waals surface area contributed by atoms with Crippen molar-refractivity contribution in [2.45, 2.75) is 44.1 Å². The van der Waals surface area contributed by atoms with E-state index in [4.69, 9.17) is 4.74 Å². The van der Waals surface area contributed by atoms with Crippen LogP contribution in [-0.4, -0.2) is 53.9 Å². The normalized spacial score (nSPS) is 18.5. The van der Waals surface area contributed by atoms with Gasteiger partial charge in [-0.3, -0.25) is 9.88 Å². The van der Waals surface area contributed by atoms with Gasteiger partial charge in [0.2, 0.25) is 15.0 Å². The minimum atomic E-state index is -3.37. The van der Waals surface area contributed by atoms with Crippen molar-refractivity contribution in [2.75, 3.05) is 26.0 Å². The molecule has 26 heavy (non-hydrogen) atoms. The van der Waals surface area contributed by atoms with Gasteiger partial charge in [-0.1, -0.05) is 13.0 Å². The molecule has 0 aromatic carbocycles. The Balaban J connectivity index is 1.87. The summed E-state index contributed by atoms with van der Waals surface area (Å²) in [6, 6.07) is 6.24. The summed E-state index contributed by atoms with van der Waals surface area (Å²) in [5, 5.41) is 0.139. The molecule has 0 bridgehead atoms. The van der Waals surface area contributed by atoms with Crippen LogP contribution >= 0.6 is 0 Å². The Labute approximate surface area is 154 Å². The van der Waals surface area contributed by atoms with E-state index in [1.807, 2.05) is 18.3 Å². The minimum absolute atomic E-state index is 0.0384. The minimum Gasteiger partial charge on any atom is -0.383 e. The monoisotopic (exact) mass is 378 g/mol. The number of aromatic nitrogens is 3. The van der Waals surface area contributed by atoms with Crippen LogP contribution in [0.25, 0.3) is 0 Å². The molecular weight excluding hydrogens is 352 g/mol. The Bertz CT molecular complexity index is 820. The summed E-state index contributed by atoms with van der Waals surface area (Å²) in [6.45, 7) is 4.17. The molecule has 142 valence electrons. The quantitative estimate of drug-likeness (QED) is 0.700. The van der Waals surface area contributed by atoms with Crippen molar-refractivity contribution in [3.8, 4) is 0 Å². The molecule has 1 aliphatic rings. The van der Waals surface area contributed by atoms with Crippen LogP contribution in [0.4, 0.5) is 0 Å². The van der Waals surface area contributed by atoms with Crippen molar-refractivity contribution < 1.29 is 13.2 Å². The van der Waals surface area contributed by atoms with Gasteiger partial charge < -0.3 is 9.30 Å². The van der Waals surface area contributed by atoms with Crippen LogP contribution in [0.2, 0.25) is 0 Å². The van der Waals surface area contributed by atoms with E-state index < -0.39 is 9.84 Å².